The van der Waals surface area contributed by atoms with E-state index in [-0.39, 0.29) is 18.1 Å². The number of hydrogen-bond donors (Lipinski definition) is 1. The number of amides is 1. The lowest BCUT2D eigenvalue weighted by molar-refractivity contribution is -0.142. The molecule has 0 saturated carbocycles. The highest BCUT2D eigenvalue weighted by atomic mass is 16.5. The van der Waals surface area contributed by atoms with Crippen molar-refractivity contribution in [3.63, 3.8) is 0 Å². The van der Waals surface area contributed by atoms with Gasteiger partial charge in [0.15, 0.2) is 0 Å². The van der Waals surface area contributed by atoms with E-state index in [1.165, 1.54) is 4.90 Å². The van der Waals surface area contributed by atoms with Crippen molar-refractivity contribution in [3.05, 3.63) is 11.3 Å². The van der Waals surface area contributed by atoms with Crippen LogP contribution in [0.3, 0.4) is 0 Å². The van der Waals surface area contributed by atoms with Crippen molar-refractivity contribution < 1.29 is 19.4 Å². The molecule has 1 saturated heterocycles. The molecule has 1 heterocycles. The molecule has 1 aliphatic rings. The molecule has 1 aliphatic heterocycles. The highest BCUT2D eigenvalue weighted by molar-refractivity contribution is 6.02. The fourth-order valence-electron chi connectivity index (χ4n) is 1.26. The van der Waals surface area contributed by atoms with E-state index >= 15 is 0 Å². The summed E-state index contributed by atoms with van der Waals surface area (Å²) < 4.78 is 4.58. The van der Waals surface area contributed by atoms with Crippen LogP contribution in [0.1, 0.15) is 13.3 Å². The fraction of sp³-hybridized carbons (Fsp3) is 0.556. The topological polar surface area (TPSA) is 66.8 Å². The number of aliphatic hydroxyl groups is 1. The summed E-state index contributed by atoms with van der Waals surface area (Å²) in [6.45, 7) is 2.34. The van der Waals surface area contributed by atoms with Crippen LogP contribution in [0.25, 0.3) is 0 Å². The van der Waals surface area contributed by atoms with E-state index in [4.69, 9.17) is 0 Å². The summed E-state index contributed by atoms with van der Waals surface area (Å²) in [6, 6.07) is 0. The second kappa shape index (κ2) is 4.13. The van der Waals surface area contributed by atoms with Crippen molar-refractivity contribution in [3.8, 4) is 0 Å². The van der Waals surface area contributed by atoms with Crippen molar-refractivity contribution in [1.29, 1.82) is 0 Å². The number of likely N-dealkylation sites (tertiary alicyclic amines) is 1. The number of nitrogens with zero attached hydrogens (tertiary/aromatic N) is 1. The van der Waals surface area contributed by atoms with E-state index in [0.717, 1.165) is 0 Å². The number of carbonyl (C=O) groups excluding carboxylic acids is 2. The number of carbonyl (C=O) groups is 2. The third kappa shape index (κ3) is 1.86. The second-order valence-corrected chi connectivity index (χ2v) is 3.02. The maximum atomic E-state index is 11.4. The van der Waals surface area contributed by atoms with Gasteiger partial charge in [-0.2, -0.15) is 0 Å². The average Bonchev–Trinajstić information content (AvgIpc) is 2.47. The molecule has 1 N–H and O–H groups in total. The Labute approximate surface area is 82.0 Å². The Bertz CT molecular complexity index is 295. The molecule has 0 aromatic heterocycles. The lowest BCUT2D eigenvalue weighted by atomic mass is 10.2. The molecule has 0 atom stereocenters. The number of aliphatic hydroxyl groups excluding tert-OH is 1. The van der Waals surface area contributed by atoms with Gasteiger partial charge < -0.3 is 14.7 Å². The molecular formula is C9H13NO4. The molecule has 14 heavy (non-hydrogen) atoms. The van der Waals surface area contributed by atoms with Crippen LogP contribution in [0.4, 0.5) is 0 Å². The minimum absolute atomic E-state index is 0.144. The van der Waals surface area contributed by atoms with Crippen molar-refractivity contribution in [2.45, 2.75) is 13.3 Å². The lowest BCUT2D eigenvalue weighted by Gasteiger charge is -2.05. The van der Waals surface area contributed by atoms with Gasteiger partial charge in [-0.15, -0.1) is 0 Å². The first-order valence-corrected chi connectivity index (χ1v) is 4.42. The van der Waals surface area contributed by atoms with Gasteiger partial charge in [-0.3, -0.25) is 4.79 Å². The van der Waals surface area contributed by atoms with E-state index in [1.54, 1.807) is 14.0 Å². The summed E-state index contributed by atoms with van der Waals surface area (Å²) >= 11 is 0. The first kappa shape index (κ1) is 10.6. The van der Waals surface area contributed by atoms with Crippen LogP contribution in [-0.4, -0.2) is 42.1 Å². The molecule has 0 bridgehead atoms. The lowest BCUT2D eigenvalue weighted by Crippen LogP contribution is -2.21. The molecule has 0 aromatic carbocycles. The summed E-state index contributed by atoms with van der Waals surface area (Å²) in [5.41, 5.74) is 0.144. The van der Waals surface area contributed by atoms with E-state index in [0.29, 0.717) is 13.0 Å². The summed E-state index contributed by atoms with van der Waals surface area (Å²) in [6.07, 6.45) is 0.389. The quantitative estimate of drug-likeness (QED) is 0.392. The minimum Gasteiger partial charge on any atom is -0.501 e. The van der Waals surface area contributed by atoms with Crippen LogP contribution in [0, 0.1) is 0 Å². The zero-order valence-electron chi connectivity index (χ0n) is 8.24. The Balaban J connectivity index is 2.84. The number of esters is 1. The third-order valence-electron chi connectivity index (χ3n) is 2.06. The van der Waals surface area contributed by atoms with Gasteiger partial charge in [0.05, 0.1) is 12.2 Å². The van der Waals surface area contributed by atoms with Crippen LogP contribution in [0.5, 0.6) is 0 Å². The summed E-state index contributed by atoms with van der Waals surface area (Å²) in [5.74, 6) is -1.69. The van der Waals surface area contributed by atoms with E-state index < -0.39 is 11.7 Å². The Morgan fingerprint density at radius 3 is 2.71 bits per heavy atom. The van der Waals surface area contributed by atoms with Gasteiger partial charge in [-0.05, 0) is 13.3 Å². The standard InChI is InChI=1S/C9H13NO4/c1-3-14-9(13)7(11)6-4-5-10(2)8(6)12/h11H,3-5H2,1-2H3. The SMILES string of the molecule is CCOC(=O)C(O)=C1CCN(C)C1=O. The predicted molar refractivity (Wildman–Crippen MR) is 48.5 cm³/mol. The Kier molecular flexibility index (Phi) is 3.11. The zero-order valence-corrected chi connectivity index (χ0v) is 8.24. The van der Waals surface area contributed by atoms with Gasteiger partial charge in [0, 0.05) is 13.6 Å². The normalized spacial score (nSPS) is 19.9. The minimum atomic E-state index is -0.828. The van der Waals surface area contributed by atoms with Crippen LogP contribution in [0.15, 0.2) is 11.3 Å². The number of ether oxygens (including phenoxy) is 1. The van der Waals surface area contributed by atoms with E-state index in [1.807, 2.05) is 0 Å². The molecule has 0 spiro atoms. The van der Waals surface area contributed by atoms with Gasteiger partial charge >= 0.3 is 5.97 Å². The first-order chi connectivity index (χ1) is 6.57. The largest absolute Gasteiger partial charge is 0.501 e. The Hall–Kier alpha value is -1.52. The molecule has 1 rings (SSSR count). The van der Waals surface area contributed by atoms with Gasteiger partial charge in [0.2, 0.25) is 5.76 Å². The molecule has 0 unspecified atom stereocenters. The molecular weight excluding hydrogens is 186 g/mol. The molecule has 5 nitrogen and oxygen atoms in total. The zero-order chi connectivity index (χ0) is 10.7. The molecule has 0 aliphatic carbocycles. The monoisotopic (exact) mass is 199 g/mol. The summed E-state index contributed by atoms with van der Waals surface area (Å²) in [5, 5.41) is 9.39. The number of rotatable bonds is 2. The third-order valence-corrected chi connectivity index (χ3v) is 2.06. The smallest absolute Gasteiger partial charge is 0.373 e. The predicted octanol–water partition coefficient (Wildman–Crippen LogP) is 0.224. The molecule has 5 heteroatoms. The van der Waals surface area contributed by atoms with Crippen LogP contribution < -0.4 is 0 Å². The van der Waals surface area contributed by atoms with Gasteiger partial charge in [-0.25, -0.2) is 4.79 Å². The first-order valence-electron chi connectivity index (χ1n) is 4.42. The highest BCUT2D eigenvalue weighted by Crippen LogP contribution is 2.18. The van der Waals surface area contributed by atoms with Crippen LogP contribution >= 0.6 is 0 Å². The Morgan fingerprint density at radius 1 is 1.64 bits per heavy atom. The number of hydrogen-bond acceptors (Lipinski definition) is 4. The molecule has 0 radical (unpaired) electrons. The second-order valence-electron chi connectivity index (χ2n) is 3.02. The maximum Gasteiger partial charge on any atom is 0.373 e. The summed E-state index contributed by atoms with van der Waals surface area (Å²) in [4.78, 5) is 23.9. The Morgan fingerprint density at radius 2 is 2.29 bits per heavy atom. The van der Waals surface area contributed by atoms with Gasteiger partial charge in [-0.1, -0.05) is 0 Å². The summed E-state index contributed by atoms with van der Waals surface area (Å²) in [7, 11) is 1.62. The maximum absolute atomic E-state index is 11.4. The van der Waals surface area contributed by atoms with Crippen LogP contribution in [-0.2, 0) is 14.3 Å². The molecule has 1 fully saturated rings. The average molecular weight is 199 g/mol. The van der Waals surface area contributed by atoms with Crippen molar-refractivity contribution in [2.75, 3.05) is 20.2 Å². The van der Waals surface area contributed by atoms with E-state index in [2.05, 4.69) is 4.74 Å². The fourth-order valence-corrected chi connectivity index (χ4v) is 1.26. The van der Waals surface area contributed by atoms with Crippen molar-refractivity contribution >= 4 is 11.9 Å². The highest BCUT2D eigenvalue weighted by Gasteiger charge is 2.29. The van der Waals surface area contributed by atoms with Gasteiger partial charge in [0.25, 0.3) is 5.91 Å². The van der Waals surface area contributed by atoms with Gasteiger partial charge in [0.1, 0.15) is 0 Å². The number of likely N-dealkylation sites (N-methyl/N-ethyl adjacent to an activating group) is 1. The van der Waals surface area contributed by atoms with Crippen molar-refractivity contribution in [2.24, 2.45) is 0 Å². The molecule has 1 amide bonds. The van der Waals surface area contributed by atoms with Crippen LogP contribution in [0.2, 0.25) is 0 Å². The van der Waals surface area contributed by atoms with Crippen molar-refractivity contribution in [1.82, 2.24) is 4.90 Å². The van der Waals surface area contributed by atoms with E-state index in [9.17, 15) is 14.7 Å². The molecule has 0 aromatic rings. The molecule has 78 valence electrons.